The number of hydrogen-bond acceptors (Lipinski definition) is 7. The zero-order valence-corrected chi connectivity index (χ0v) is 14.0. The van der Waals surface area contributed by atoms with Gasteiger partial charge in [-0.15, -0.1) is 0 Å². The first-order chi connectivity index (χ1) is 11.9. The monoisotopic (exact) mass is 349 g/mol. The van der Waals surface area contributed by atoms with Gasteiger partial charge in [-0.05, 0) is 13.8 Å². The summed E-state index contributed by atoms with van der Waals surface area (Å²) in [4.78, 5) is 21.4. The maximum Gasteiger partial charge on any atom is 0.287 e. The van der Waals surface area contributed by atoms with E-state index in [0.717, 1.165) is 11.4 Å². The van der Waals surface area contributed by atoms with Crippen LogP contribution in [0.15, 0.2) is 11.1 Å². The number of ether oxygens (including phenoxy) is 1. The van der Waals surface area contributed by atoms with Crippen LogP contribution in [0, 0.1) is 13.8 Å². The van der Waals surface area contributed by atoms with Gasteiger partial charge in [-0.2, -0.15) is 0 Å². The van der Waals surface area contributed by atoms with E-state index in [2.05, 4.69) is 9.97 Å². The fourth-order valence-corrected chi connectivity index (χ4v) is 3.40. The van der Waals surface area contributed by atoms with Crippen molar-refractivity contribution >= 4 is 16.9 Å². The molecule has 4 heterocycles. The first-order valence-electron chi connectivity index (χ1n) is 7.90. The molecule has 1 fully saturated rings. The molecule has 1 saturated heterocycles. The molecule has 3 N–H and O–H groups in total. The van der Waals surface area contributed by atoms with Crippen LogP contribution in [-0.2, 0) is 11.8 Å². The molecule has 10 heteroatoms. The normalized spacial score (nSPS) is 27.0. The largest absolute Gasteiger partial charge is 0.394 e. The second-order valence-electron chi connectivity index (χ2n) is 6.34. The lowest BCUT2D eigenvalue weighted by atomic mass is 10.1. The van der Waals surface area contributed by atoms with Crippen LogP contribution < -0.4 is 5.56 Å². The van der Waals surface area contributed by atoms with E-state index >= 15 is 0 Å². The number of aliphatic hydroxyl groups is 3. The average Bonchev–Trinajstić information content (AvgIpc) is 3.23. The lowest BCUT2D eigenvalue weighted by molar-refractivity contribution is -0.0512. The quantitative estimate of drug-likeness (QED) is 0.520. The molecule has 0 aromatic carbocycles. The van der Waals surface area contributed by atoms with E-state index in [-0.39, 0.29) is 11.1 Å². The summed E-state index contributed by atoms with van der Waals surface area (Å²) in [5, 5.41) is 29.5. The van der Waals surface area contributed by atoms with Gasteiger partial charge in [-0.3, -0.25) is 13.9 Å². The van der Waals surface area contributed by atoms with E-state index < -0.39 is 31.1 Å². The van der Waals surface area contributed by atoms with Crippen LogP contribution in [-0.4, -0.2) is 63.7 Å². The Hall–Kier alpha value is -2.27. The summed E-state index contributed by atoms with van der Waals surface area (Å²) in [5.41, 5.74) is 1.78. The summed E-state index contributed by atoms with van der Waals surface area (Å²) in [7, 11) is 1.74. The third-order valence-electron chi connectivity index (χ3n) is 4.91. The van der Waals surface area contributed by atoms with Crippen LogP contribution in [0.5, 0.6) is 0 Å². The van der Waals surface area contributed by atoms with Gasteiger partial charge in [0.25, 0.3) is 5.56 Å². The molecule has 10 nitrogen and oxygen atoms in total. The zero-order valence-electron chi connectivity index (χ0n) is 14.0. The highest BCUT2D eigenvalue weighted by molar-refractivity contribution is 5.73. The molecule has 0 radical (unpaired) electrons. The van der Waals surface area contributed by atoms with Crippen molar-refractivity contribution in [3.8, 4) is 0 Å². The van der Waals surface area contributed by atoms with Gasteiger partial charge in [0.2, 0.25) is 5.78 Å². The minimum atomic E-state index is -1.26. The van der Waals surface area contributed by atoms with E-state index in [1.165, 1.54) is 15.3 Å². The molecular formula is C15H19N5O5. The van der Waals surface area contributed by atoms with E-state index in [1.807, 2.05) is 13.8 Å². The molecule has 3 aromatic rings. The number of aromatic nitrogens is 5. The number of aryl methyl sites for hydroxylation is 3. The molecule has 0 bridgehead atoms. The lowest BCUT2D eigenvalue weighted by Crippen LogP contribution is -2.33. The molecule has 1 aliphatic rings. The third kappa shape index (κ3) is 2.02. The van der Waals surface area contributed by atoms with E-state index in [0.29, 0.717) is 11.4 Å². The molecular weight excluding hydrogens is 330 g/mol. The Morgan fingerprint density at radius 1 is 1.28 bits per heavy atom. The SMILES string of the molecule is Cc1nc2n(C)c3c(ncn3[C@@H]3O[C@H](CO)C(O)[C@@H]3O)c(=O)n2c1C. The minimum absolute atomic E-state index is 0.202. The Labute approximate surface area is 141 Å². The number of imidazole rings is 2. The smallest absolute Gasteiger partial charge is 0.287 e. The summed E-state index contributed by atoms with van der Waals surface area (Å²) in [6, 6.07) is 0. The molecule has 134 valence electrons. The number of nitrogens with zero attached hydrogens (tertiary/aromatic N) is 5. The van der Waals surface area contributed by atoms with Gasteiger partial charge >= 0.3 is 0 Å². The van der Waals surface area contributed by atoms with Crippen LogP contribution in [0.25, 0.3) is 16.9 Å². The number of rotatable bonds is 2. The van der Waals surface area contributed by atoms with Crippen LogP contribution in [0.2, 0.25) is 0 Å². The van der Waals surface area contributed by atoms with E-state index in [1.54, 1.807) is 11.6 Å². The maximum atomic E-state index is 12.8. The molecule has 4 atom stereocenters. The van der Waals surface area contributed by atoms with Gasteiger partial charge in [-0.25, -0.2) is 14.4 Å². The van der Waals surface area contributed by atoms with Crippen LogP contribution in [0.1, 0.15) is 17.6 Å². The summed E-state index contributed by atoms with van der Waals surface area (Å²) < 4.78 is 10.2. The van der Waals surface area contributed by atoms with Crippen molar-refractivity contribution in [1.29, 1.82) is 0 Å². The standard InChI is InChI=1S/C15H19N5O5/c1-6-7(2)20-13(24)9-12(18(3)15(20)17-6)19(5-16-9)14-11(23)10(22)8(4-21)25-14/h5,8,10-11,14,21-23H,4H2,1-3H3/t8-,10?,11+,14-/m1/s1. The van der Waals surface area contributed by atoms with E-state index in [9.17, 15) is 20.1 Å². The van der Waals surface area contributed by atoms with Gasteiger partial charge in [0.1, 0.15) is 18.3 Å². The Balaban J connectivity index is 1.99. The molecule has 0 spiro atoms. The molecule has 0 aliphatic carbocycles. The first kappa shape index (κ1) is 16.2. The predicted molar refractivity (Wildman–Crippen MR) is 86.2 cm³/mol. The fraction of sp³-hybridized carbons (Fsp3) is 0.533. The van der Waals surface area contributed by atoms with Crippen molar-refractivity contribution in [2.45, 2.75) is 38.4 Å². The zero-order chi connectivity index (χ0) is 18.0. The Morgan fingerprint density at radius 2 is 2.00 bits per heavy atom. The number of aliphatic hydroxyl groups excluding tert-OH is 3. The molecule has 25 heavy (non-hydrogen) atoms. The van der Waals surface area contributed by atoms with Crippen LogP contribution in [0.3, 0.4) is 0 Å². The Morgan fingerprint density at radius 3 is 2.64 bits per heavy atom. The van der Waals surface area contributed by atoms with Gasteiger partial charge in [0.05, 0.1) is 18.6 Å². The van der Waals surface area contributed by atoms with Gasteiger partial charge in [0, 0.05) is 12.7 Å². The minimum Gasteiger partial charge on any atom is -0.394 e. The Bertz CT molecular complexity index is 1030. The molecule has 1 unspecified atom stereocenters. The summed E-state index contributed by atoms with van der Waals surface area (Å²) >= 11 is 0. The summed E-state index contributed by atoms with van der Waals surface area (Å²) in [6.45, 7) is 3.20. The topological polar surface area (TPSA) is 127 Å². The van der Waals surface area contributed by atoms with Gasteiger partial charge in [-0.1, -0.05) is 0 Å². The molecule has 1 aliphatic heterocycles. The summed E-state index contributed by atoms with van der Waals surface area (Å²) in [5.74, 6) is 0.445. The average molecular weight is 349 g/mol. The van der Waals surface area contributed by atoms with Gasteiger partial charge in [0.15, 0.2) is 17.4 Å². The fourth-order valence-electron chi connectivity index (χ4n) is 3.40. The van der Waals surface area contributed by atoms with Crippen LogP contribution in [0.4, 0.5) is 0 Å². The summed E-state index contributed by atoms with van der Waals surface area (Å²) in [6.07, 6.45) is -2.99. The van der Waals surface area contributed by atoms with Crippen molar-refractivity contribution in [3.05, 3.63) is 28.1 Å². The highest BCUT2D eigenvalue weighted by Gasteiger charge is 2.44. The Kier molecular flexibility index (Phi) is 3.48. The van der Waals surface area contributed by atoms with Crippen molar-refractivity contribution in [3.63, 3.8) is 0 Å². The molecule has 0 saturated carbocycles. The number of fused-ring (bicyclic) bond motifs is 2. The lowest BCUT2D eigenvalue weighted by Gasteiger charge is -2.18. The van der Waals surface area contributed by atoms with Crippen molar-refractivity contribution in [1.82, 2.24) is 23.5 Å². The number of hydrogen-bond donors (Lipinski definition) is 3. The molecule has 4 rings (SSSR count). The second-order valence-corrected chi connectivity index (χ2v) is 6.34. The highest BCUT2D eigenvalue weighted by atomic mass is 16.6. The van der Waals surface area contributed by atoms with Gasteiger partial charge < -0.3 is 20.1 Å². The second kappa shape index (κ2) is 5.36. The predicted octanol–water partition coefficient (Wildman–Crippen LogP) is -1.39. The van der Waals surface area contributed by atoms with Crippen molar-refractivity contribution in [2.24, 2.45) is 7.05 Å². The third-order valence-corrected chi connectivity index (χ3v) is 4.91. The highest BCUT2D eigenvalue weighted by Crippen LogP contribution is 2.31. The maximum absolute atomic E-state index is 12.8. The van der Waals surface area contributed by atoms with Crippen LogP contribution >= 0.6 is 0 Å². The molecule has 3 aromatic heterocycles. The molecule has 0 amide bonds. The van der Waals surface area contributed by atoms with Crippen molar-refractivity contribution in [2.75, 3.05) is 6.61 Å². The van der Waals surface area contributed by atoms with Crippen molar-refractivity contribution < 1.29 is 20.1 Å². The first-order valence-corrected chi connectivity index (χ1v) is 7.90. The van der Waals surface area contributed by atoms with E-state index in [4.69, 9.17) is 4.74 Å².